The van der Waals surface area contributed by atoms with Crippen LogP contribution in [0.25, 0.3) is 6.08 Å². The van der Waals surface area contributed by atoms with E-state index in [0.29, 0.717) is 39.5 Å². The topological polar surface area (TPSA) is 65.4 Å². The van der Waals surface area contributed by atoms with Crippen molar-refractivity contribution >= 4 is 12.0 Å². The van der Waals surface area contributed by atoms with Gasteiger partial charge in [0.1, 0.15) is 0 Å². The summed E-state index contributed by atoms with van der Waals surface area (Å²) >= 11 is 0. The van der Waals surface area contributed by atoms with E-state index in [2.05, 4.69) is 41.6 Å². The SMILES string of the molecule is CCOCCOCc1cccc(CNC(=O)/C=C/c2c(C)nn(Cc3ccc(C)cc3)c2C)c1. The zero-order valence-electron chi connectivity index (χ0n) is 20.6. The van der Waals surface area contributed by atoms with Crippen LogP contribution in [-0.4, -0.2) is 35.5 Å². The summed E-state index contributed by atoms with van der Waals surface area (Å²) in [6.07, 6.45) is 3.43. The van der Waals surface area contributed by atoms with Gasteiger partial charge in [-0.1, -0.05) is 54.1 Å². The summed E-state index contributed by atoms with van der Waals surface area (Å²) in [5.74, 6) is -0.136. The van der Waals surface area contributed by atoms with Crippen LogP contribution in [0.4, 0.5) is 0 Å². The van der Waals surface area contributed by atoms with Crippen molar-refractivity contribution < 1.29 is 14.3 Å². The van der Waals surface area contributed by atoms with Gasteiger partial charge in [0.15, 0.2) is 0 Å². The van der Waals surface area contributed by atoms with Crippen molar-refractivity contribution in [3.05, 3.63) is 93.8 Å². The zero-order chi connectivity index (χ0) is 24.3. The van der Waals surface area contributed by atoms with Crippen LogP contribution in [0.1, 0.15) is 46.1 Å². The minimum atomic E-state index is -0.136. The third kappa shape index (κ3) is 7.68. The van der Waals surface area contributed by atoms with E-state index in [4.69, 9.17) is 9.47 Å². The maximum atomic E-state index is 12.4. The van der Waals surface area contributed by atoms with E-state index < -0.39 is 0 Å². The molecule has 0 saturated carbocycles. The minimum Gasteiger partial charge on any atom is -0.379 e. The number of benzene rings is 2. The number of carbonyl (C=O) groups is 1. The Morgan fingerprint density at radius 2 is 1.74 bits per heavy atom. The largest absolute Gasteiger partial charge is 0.379 e. The van der Waals surface area contributed by atoms with E-state index in [9.17, 15) is 4.79 Å². The molecule has 1 N–H and O–H groups in total. The van der Waals surface area contributed by atoms with Gasteiger partial charge in [0.05, 0.1) is 32.1 Å². The van der Waals surface area contributed by atoms with E-state index in [1.165, 1.54) is 11.1 Å². The lowest BCUT2D eigenvalue weighted by Gasteiger charge is -2.07. The molecule has 0 radical (unpaired) electrons. The second kappa shape index (κ2) is 12.9. The van der Waals surface area contributed by atoms with E-state index in [1.54, 1.807) is 6.08 Å². The molecule has 6 heteroatoms. The molecule has 0 bridgehead atoms. The number of carbonyl (C=O) groups excluding carboxylic acids is 1. The number of aromatic nitrogens is 2. The van der Waals surface area contributed by atoms with Crippen molar-refractivity contribution in [2.75, 3.05) is 19.8 Å². The summed E-state index contributed by atoms with van der Waals surface area (Å²) < 4.78 is 12.9. The van der Waals surface area contributed by atoms with Crippen LogP contribution in [0.3, 0.4) is 0 Å². The van der Waals surface area contributed by atoms with Gasteiger partial charge in [0, 0.05) is 30.5 Å². The Morgan fingerprint density at radius 1 is 1.00 bits per heavy atom. The molecule has 0 fully saturated rings. The number of nitrogens with zero attached hydrogens (tertiary/aromatic N) is 2. The van der Waals surface area contributed by atoms with E-state index in [-0.39, 0.29) is 5.91 Å². The quantitative estimate of drug-likeness (QED) is 0.313. The third-order valence-corrected chi connectivity index (χ3v) is 5.59. The molecular formula is C28H35N3O3. The fourth-order valence-corrected chi connectivity index (χ4v) is 3.66. The number of nitrogens with one attached hydrogen (secondary N) is 1. The van der Waals surface area contributed by atoms with Crippen LogP contribution in [0.5, 0.6) is 0 Å². The highest BCUT2D eigenvalue weighted by Crippen LogP contribution is 2.17. The highest BCUT2D eigenvalue weighted by Gasteiger charge is 2.10. The van der Waals surface area contributed by atoms with Gasteiger partial charge in [-0.15, -0.1) is 0 Å². The minimum absolute atomic E-state index is 0.136. The summed E-state index contributed by atoms with van der Waals surface area (Å²) in [5, 5.41) is 7.62. The smallest absolute Gasteiger partial charge is 0.244 e. The van der Waals surface area contributed by atoms with Crippen LogP contribution < -0.4 is 5.32 Å². The lowest BCUT2D eigenvalue weighted by molar-refractivity contribution is -0.116. The van der Waals surface area contributed by atoms with Crippen molar-refractivity contribution in [1.29, 1.82) is 0 Å². The van der Waals surface area contributed by atoms with E-state index in [1.807, 2.05) is 55.8 Å². The molecule has 0 atom stereocenters. The second-order valence-corrected chi connectivity index (χ2v) is 8.35. The van der Waals surface area contributed by atoms with E-state index >= 15 is 0 Å². The van der Waals surface area contributed by atoms with Gasteiger partial charge in [-0.3, -0.25) is 9.48 Å². The molecule has 0 unspecified atom stereocenters. The van der Waals surface area contributed by atoms with Crippen LogP contribution in [0.2, 0.25) is 0 Å². The summed E-state index contributed by atoms with van der Waals surface area (Å²) in [7, 11) is 0. The van der Waals surface area contributed by atoms with Crippen LogP contribution >= 0.6 is 0 Å². The number of aryl methyl sites for hydroxylation is 2. The molecule has 0 saturated heterocycles. The summed E-state index contributed by atoms with van der Waals surface area (Å²) in [4.78, 5) is 12.4. The highest BCUT2D eigenvalue weighted by molar-refractivity contribution is 5.91. The Bertz CT molecular complexity index is 1100. The normalized spacial score (nSPS) is 11.3. The first kappa shape index (κ1) is 25.4. The Hall–Kier alpha value is -3.22. The highest BCUT2D eigenvalue weighted by atomic mass is 16.5. The first-order valence-electron chi connectivity index (χ1n) is 11.7. The molecule has 34 heavy (non-hydrogen) atoms. The standard InChI is InChI=1S/C28H35N3O3/c1-5-33-15-16-34-20-26-8-6-7-25(17-26)18-29-28(32)14-13-27-22(3)30-31(23(27)4)19-24-11-9-21(2)10-12-24/h6-14,17H,5,15-16,18-20H2,1-4H3,(H,29,32)/b14-13+. The van der Waals surface area contributed by atoms with Gasteiger partial charge in [-0.2, -0.15) is 5.10 Å². The maximum absolute atomic E-state index is 12.4. The molecule has 1 amide bonds. The number of rotatable bonds is 12. The molecule has 0 spiro atoms. The number of ether oxygens (including phenoxy) is 2. The summed E-state index contributed by atoms with van der Waals surface area (Å²) in [5.41, 5.74) is 7.48. The Morgan fingerprint density at radius 3 is 2.50 bits per heavy atom. The molecule has 0 aliphatic heterocycles. The fraction of sp³-hybridized carbons (Fsp3) is 0.357. The van der Waals surface area contributed by atoms with E-state index in [0.717, 1.165) is 28.1 Å². The zero-order valence-corrected chi connectivity index (χ0v) is 20.6. The molecule has 3 aromatic rings. The van der Waals surface area contributed by atoms with Crippen molar-refractivity contribution in [3.63, 3.8) is 0 Å². The van der Waals surface area contributed by atoms with Gasteiger partial charge in [-0.05, 0) is 50.5 Å². The number of hydrogen-bond acceptors (Lipinski definition) is 4. The molecule has 0 aliphatic carbocycles. The summed E-state index contributed by atoms with van der Waals surface area (Å²) in [6, 6.07) is 16.5. The molecular weight excluding hydrogens is 426 g/mol. The Balaban J connectivity index is 1.53. The van der Waals surface area contributed by atoms with Gasteiger partial charge in [0.2, 0.25) is 5.91 Å². The molecule has 3 rings (SSSR count). The average molecular weight is 462 g/mol. The van der Waals surface area contributed by atoms with Crippen molar-refractivity contribution in [2.24, 2.45) is 0 Å². The Labute approximate surface area is 202 Å². The van der Waals surface area contributed by atoms with Gasteiger partial charge in [0.25, 0.3) is 0 Å². The third-order valence-electron chi connectivity index (χ3n) is 5.59. The molecule has 1 aromatic heterocycles. The lowest BCUT2D eigenvalue weighted by Crippen LogP contribution is -2.20. The van der Waals surface area contributed by atoms with Crippen LogP contribution in [0.15, 0.2) is 54.6 Å². The molecule has 2 aromatic carbocycles. The lowest BCUT2D eigenvalue weighted by atomic mass is 10.1. The van der Waals surface area contributed by atoms with Crippen molar-refractivity contribution in [2.45, 2.75) is 47.4 Å². The Kier molecular flexibility index (Phi) is 9.62. The van der Waals surface area contributed by atoms with Crippen LogP contribution in [-0.2, 0) is 34.0 Å². The van der Waals surface area contributed by atoms with Gasteiger partial charge in [-0.25, -0.2) is 0 Å². The molecule has 6 nitrogen and oxygen atoms in total. The van der Waals surface area contributed by atoms with Gasteiger partial charge >= 0.3 is 0 Å². The first-order valence-corrected chi connectivity index (χ1v) is 11.7. The predicted octanol–water partition coefficient (Wildman–Crippen LogP) is 4.74. The summed E-state index contributed by atoms with van der Waals surface area (Å²) in [6.45, 7) is 11.6. The maximum Gasteiger partial charge on any atom is 0.244 e. The van der Waals surface area contributed by atoms with Crippen LogP contribution in [0, 0.1) is 20.8 Å². The molecule has 0 aliphatic rings. The van der Waals surface area contributed by atoms with Gasteiger partial charge < -0.3 is 14.8 Å². The fourth-order valence-electron chi connectivity index (χ4n) is 3.66. The number of amides is 1. The molecule has 180 valence electrons. The number of hydrogen-bond donors (Lipinski definition) is 1. The molecule has 1 heterocycles. The predicted molar refractivity (Wildman–Crippen MR) is 135 cm³/mol. The second-order valence-electron chi connectivity index (χ2n) is 8.35. The van der Waals surface area contributed by atoms with Crippen molar-refractivity contribution in [1.82, 2.24) is 15.1 Å². The van der Waals surface area contributed by atoms with Crippen molar-refractivity contribution in [3.8, 4) is 0 Å². The monoisotopic (exact) mass is 461 g/mol. The average Bonchev–Trinajstić information content (AvgIpc) is 3.10. The first-order chi connectivity index (χ1) is 16.5.